The first kappa shape index (κ1) is 15.8. The molecule has 1 heterocycles. The van der Waals surface area contributed by atoms with Gasteiger partial charge in [0, 0.05) is 22.5 Å². The highest BCUT2D eigenvalue weighted by molar-refractivity contribution is 9.10. The van der Waals surface area contributed by atoms with Gasteiger partial charge in [-0.3, -0.25) is 0 Å². The smallest absolute Gasteiger partial charge is 0.126 e. The van der Waals surface area contributed by atoms with Crippen molar-refractivity contribution in [1.82, 2.24) is 5.32 Å². The van der Waals surface area contributed by atoms with E-state index in [0.717, 1.165) is 29.6 Å². The minimum absolute atomic E-state index is 0.0458. The third kappa shape index (κ3) is 3.76. The van der Waals surface area contributed by atoms with E-state index in [0.29, 0.717) is 6.04 Å². The van der Waals surface area contributed by atoms with Gasteiger partial charge in [-0.25, -0.2) is 0 Å². The highest BCUT2D eigenvalue weighted by Gasteiger charge is 2.36. The number of hydrogen-bond acceptors (Lipinski definition) is 2. The summed E-state index contributed by atoms with van der Waals surface area (Å²) < 4.78 is 7.44. The van der Waals surface area contributed by atoms with Crippen LogP contribution in [0.2, 0.25) is 0 Å². The molecule has 112 valence electrons. The second-order valence-corrected chi connectivity index (χ2v) is 6.92. The fraction of sp³-hybridized carbons (Fsp3) is 0.647. The van der Waals surface area contributed by atoms with Crippen LogP contribution in [0.4, 0.5) is 0 Å². The number of rotatable bonds is 6. The second kappa shape index (κ2) is 6.95. The fourth-order valence-electron chi connectivity index (χ4n) is 3.06. The van der Waals surface area contributed by atoms with Crippen LogP contribution in [-0.2, 0) is 0 Å². The van der Waals surface area contributed by atoms with Crippen LogP contribution in [0.3, 0.4) is 0 Å². The van der Waals surface area contributed by atoms with Crippen molar-refractivity contribution in [3.05, 3.63) is 28.2 Å². The summed E-state index contributed by atoms with van der Waals surface area (Å²) in [5.41, 5.74) is 1.25. The molecule has 0 bridgehead atoms. The summed E-state index contributed by atoms with van der Waals surface area (Å²) in [4.78, 5) is 0. The van der Waals surface area contributed by atoms with E-state index in [1.165, 1.54) is 24.8 Å². The van der Waals surface area contributed by atoms with Crippen LogP contribution >= 0.6 is 15.9 Å². The van der Waals surface area contributed by atoms with E-state index < -0.39 is 0 Å². The summed E-state index contributed by atoms with van der Waals surface area (Å²) in [6, 6.07) is 6.80. The van der Waals surface area contributed by atoms with Crippen LogP contribution in [0, 0.1) is 0 Å². The molecule has 3 heteroatoms. The number of benzene rings is 1. The highest BCUT2D eigenvalue weighted by atomic mass is 79.9. The summed E-state index contributed by atoms with van der Waals surface area (Å²) >= 11 is 3.55. The zero-order valence-electron chi connectivity index (χ0n) is 12.8. The van der Waals surface area contributed by atoms with Crippen molar-refractivity contribution in [3.8, 4) is 5.75 Å². The molecular formula is C17H26BrNO. The topological polar surface area (TPSA) is 21.3 Å². The number of hydrogen-bond donors (Lipinski definition) is 1. The van der Waals surface area contributed by atoms with Crippen LogP contribution < -0.4 is 10.1 Å². The fourth-order valence-corrected chi connectivity index (χ4v) is 3.40. The normalized spacial score (nSPS) is 25.1. The van der Waals surface area contributed by atoms with Gasteiger partial charge in [0.1, 0.15) is 11.4 Å². The van der Waals surface area contributed by atoms with E-state index in [1.807, 2.05) is 0 Å². The standard InChI is InChI=1S/C17H26BrNO/c1-4-6-7-10-17(3)12-15(19-5-2)14-9-8-13(18)11-16(14)20-17/h8-9,11,15,19H,4-7,10,12H2,1-3H3. The Hall–Kier alpha value is -0.540. The van der Waals surface area contributed by atoms with Gasteiger partial charge in [0.05, 0.1) is 0 Å². The average molecular weight is 340 g/mol. The Labute approximate surface area is 131 Å². The van der Waals surface area contributed by atoms with E-state index in [-0.39, 0.29) is 5.60 Å². The molecule has 2 nitrogen and oxygen atoms in total. The van der Waals surface area contributed by atoms with E-state index >= 15 is 0 Å². The molecule has 0 amide bonds. The van der Waals surface area contributed by atoms with Crippen molar-refractivity contribution in [1.29, 1.82) is 0 Å². The second-order valence-electron chi connectivity index (χ2n) is 6.01. The molecular weight excluding hydrogens is 314 g/mol. The molecule has 0 saturated carbocycles. The third-order valence-electron chi connectivity index (χ3n) is 4.10. The van der Waals surface area contributed by atoms with Crippen LogP contribution in [0.5, 0.6) is 5.75 Å². The number of ether oxygens (including phenoxy) is 1. The van der Waals surface area contributed by atoms with Gasteiger partial charge in [0.2, 0.25) is 0 Å². The maximum Gasteiger partial charge on any atom is 0.126 e. The molecule has 1 aromatic rings. The Bertz CT molecular complexity index is 449. The summed E-state index contributed by atoms with van der Waals surface area (Å²) in [5, 5.41) is 3.61. The van der Waals surface area contributed by atoms with Crippen molar-refractivity contribution in [2.24, 2.45) is 0 Å². The third-order valence-corrected chi connectivity index (χ3v) is 4.60. The average Bonchev–Trinajstić information content (AvgIpc) is 2.38. The molecule has 0 aliphatic carbocycles. The summed E-state index contributed by atoms with van der Waals surface area (Å²) in [6.07, 6.45) is 5.98. The predicted molar refractivity (Wildman–Crippen MR) is 88.4 cm³/mol. The molecule has 2 unspecified atom stereocenters. The first-order chi connectivity index (χ1) is 9.58. The van der Waals surface area contributed by atoms with Gasteiger partial charge in [-0.05, 0) is 38.4 Å². The lowest BCUT2D eigenvalue weighted by molar-refractivity contribution is 0.0375. The van der Waals surface area contributed by atoms with E-state index in [1.54, 1.807) is 0 Å². The van der Waals surface area contributed by atoms with Gasteiger partial charge >= 0.3 is 0 Å². The minimum Gasteiger partial charge on any atom is -0.487 e. The number of unbranched alkanes of at least 4 members (excludes halogenated alkanes) is 2. The Kier molecular flexibility index (Phi) is 5.50. The summed E-state index contributed by atoms with van der Waals surface area (Å²) in [6.45, 7) is 7.67. The molecule has 20 heavy (non-hydrogen) atoms. The Morgan fingerprint density at radius 3 is 2.85 bits per heavy atom. The molecule has 0 radical (unpaired) electrons. The van der Waals surface area contributed by atoms with Gasteiger partial charge in [-0.15, -0.1) is 0 Å². The Morgan fingerprint density at radius 1 is 1.35 bits per heavy atom. The highest BCUT2D eigenvalue weighted by Crippen LogP contribution is 2.42. The van der Waals surface area contributed by atoms with Crippen molar-refractivity contribution in [2.45, 2.75) is 64.5 Å². The zero-order chi connectivity index (χ0) is 14.6. The number of nitrogens with one attached hydrogen (secondary N) is 1. The lowest BCUT2D eigenvalue weighted by Crippen LogP contribution is -2.41. The van der Waals surface area contributed by atoms with E-state index in [9.17, 15) is 0 Å². The van der Waals surface area contributed by atoms with Gasteiger partial charge < -0.3 is 10.1 Å². The predicted octanol–water partition coefficient (Wildman–Crippen LogP) is 5.22. The Morgan fingerprint density at radius 2 is 2.15 bits per heavy atom. The molecule has 2 rings (SSSR count). The van der Waals surface area contributed by atoms with Gasteiger partial charge in [0.25, 0.3) is 0 Å². The SMILES string of the molecule is CCCCCC1(C)CC(NCC)c2ccc(Br)cc2O1. The van der Waals surface area contributed by atoms with Gasteiger partial charge in [0.15, 0.2) is 0 Å². The quantitative estimate of drug-likeness (QED) is 0.717. The lowest BCUT2D eigenvalue weighted by Gasteiger charge is -2.40. The molecule has 0 fully saturated rings. The molecule has 1 aromatic carbocycles. The van der Waals surface area contributed by atoms with E-state index in [4.69, 9.17) is 4.74 Å². The molecule has 0 spiro atoms. The summed E-state index contributed by atoms with van der Waals surface area (Å²) in [7, 11) is 0. The largest absolute Gasteiger partial charge is 0.487 e. The Balaban J connectivity index is 2.20. The minimum atomic E-state index is -0.0458. The molecule has 2 atom stereocenters. The number of halogens is 1. The number of fused-ring (bicyclic) bond motifs is 1. The van der Waals surface area contributed by atoms with Crippen LogP contribution in [-0.4, -0.2) is 12.1 Å². The maximum atomic E-state index is 6.35. The maximum absolute atomic E-state index is 6.35. The van der Waals surface area contributed by atoms with Crippen molar-refractivity contribution in [2.75, 3.05) is 6.54 Å². The molecule has 0 saturated heterocycles. The van der Waals surface area contributed by atoms with E-state index in [2.05, 4.69) is 60.2 Å². The van der Waals surface area contributed by atoms with Gasteiger partial charge in [-0.1, -0.05) is 48.7 Å². The van der Waals surface area contributed by atoms with Crippen LogP contribution in [0.15, 0.2) is 22.7 Å². The zero-order valence-corrected chi connectivity index (χ0v) is 14.4. The van der Waals surface area contributed by atoms with Crippen LogP contribution in [0.25, 0.3) is 0 Å². The van der Waals surface area contributed by atoms with Gasteiger partial charge in [-0.2, -0.15) is 0 Å². The molecule has 1 N–H and O–H groups in total. The van der Waals surface area contributed by atoms with Crippen LogP contribution in [0.1, 0.15) is 64.5 Å². The molecule has 0 aromatic heterocycles. The first-order valence-corrected chi connectivity index (χ1v) is 8.59. The monoisotopic (exact) mass is 339 g/mol. The summed E-state index contributed by atoms with van der Waals surface area (Å²) in [5.74, 6) is 1.04. The van der Waals surface area contributed by atoms with Crippen molar-refractivity contribution >= 4 is 15.9 Å². The first-order valence-electron chi connectivity index (χ1n) is 7.80. The van der Waals surface area contributed by atoms with Crippen molar-refractivity contribution < 1.29 is 4.74 Å². The molecule has 1 aliphatic heterocycles. The molecule has 1 aliphatic rings. The lowest BCUT2D eigenvalue weighted by atomic mass is 9.85. The van der Waals surface area contributed by atoms with Crippen molar-refractivity contribution in [3.63, 3.8) is 0 Å².